The number of rotatable bonds is 3. The largest absolute Gasteiger partial charge is 0.433 e. The lowest BCUT2D eigenvalue weighted by Gasteiger charge is -2.11. The second kappa shape index (κ2) is 5.45. The van der Waals surface area contributed by atoms with E-state index in [2.05, 4.69) is 10.1 Å². The van der Waals surface area contributed by atoms with Gasteiger partial charge < -0.3 is 5.73 Å². The van der Waals surface area contributed by atoms with E-state index in [0.717, 1.165) is 23.5 Å². The van der Waals surface area contributed by atoms with Gasteiger partial charge in [0.1, 0.15) is 15.7 Å². The van der Waals surface area contributed by atoms with Crippen LogP contribution >= 0.6 is 11.8 Å². The smallest absolute Gasteiger partial charge is 0.326 e. The van der Waals surface area contributed by atoms with Crippen molar-refractivity contribution >= 4 is 11.8 Å². The molecule has 0 unspecified atom stereocenters. The highest BCUT2D eigenvalue weighted by Gasteiger charge is 2.33. The maximum Gasteiger partial charge on any atom is 0.433 e. The van der Waals surface area contributed by atoms with Crippen LogP contribution in [0.5, 0.6) is 0 Å². The Kier molecular flexibility index (Phi) is 4.05. The minimum atomic E-state index is -4.47. The van der Waals surface area contributed by atoms with Gasteiger partial charge in [-0.1, -0.05) is 17.8 Å². The zero-order valence-corrected chi connectivity index (χ0v) is 11.7. The molecule has 108 valence electrons. The van der Waals surface area contributed by atoms with E-state index in [0.29, 0.717) is 10.6 Å². The zero-order chi connectivity index (χ0) is 14.9. The van der Waals surface area contributed by atoms with Crippen LogP contribution < -0.4 is 5.73 Å². The fraction of sp³-hybridized carbons (Fsp3) is 0.333. The summed E-state index contributed by atoms with van der Waals surface area (Å²) >= 11 is 1.13. The number of pyridine rings is 1. The molecule has 2 aromatic heterocycles. The number of aromatic nitrogens is 3. The lowest BCUT2D eigenvalue weighted by atomic mass is 10.2. The number of hydrogen-bond acceptors (Lipinski definition) is 4. The quantitative estimate of drug-likeness (QED) is 0.947. The molecule has 0 amide bonds. The van der Waals surface area contributed by atoms with Gasteiger partial charge in [0.25, 0.3) is 0 Å². The lowest BCUT2D eigenvalue weighted by molar-refractivity contribution is -0.141. The highest BCUT2D eigenvalue weighted by molar-refractivity contribution is 7.99. The number of aryl methyl sites for hydroxylation is 2. The number of alkyl halides is 3. The molecule has 20 heavy (non-hydrogen) atoms. The summed E-state index contributed by atoms with van der Waals surface area (Å²) in [6.07, 6.45) is -4.47. The molecule has 0 aliphatic rings. The Morgan fingerprint density at radius 3 is 2.55 bits per heavy atom. The SMILES string of the molecule is Cc1cc(Sc2nc(C(F)(F)F)ccc2CN)n(C)n1. The van der Waals surface area contributed by atoms with Crippen molar-refractivity contribution in [3.8, 4) is 0 Å². The van der Waals surface area contributed by atoms with Gasteiger partial charge in [0.15, 0.2) is 0 Å². The van der Waals surface area contributed by atoms with Crippen molar-refractivity contribution in [1.29, 1.82) is 0 Å². The third-order valence-corrected chi connectivity index (χ3v) is 3.75. The standard InChI is InChI=1S/C12H13F3N4S/c1-7-5-10(19(2)18-7)20-11-8(6-16)3-4-9(17-11)12(13,14)15/h3-5H,6,16H2,1-2H3. The molecule has 0 atom stereocenters. The van der Waals surface area contributed by atoms with E-state index in [4.69, 9.17) is 5.73 Å². The second-order valence-electron chi connectivity index (χ2n) is 4.21. The van der Waals surface area contributed by atoms with Gasteiger partial charge >= 0.3 is 6.18 Å². The maximum atomic E-state index is 12.7. The van der Waals surface area contributed by atoms with Gasteiger partial charge in [-0.2, -0.15) is 18.3 Å². The predicted octanol–water partition coefficient (Wildman–Crippen LogP) is 2.75. The summed E-state index contributed by atoms with van der Waals surface area (Å²) in [4.78, 5) is 3.68. The van der Waals surface area contributed by atoms with Gasteiger partial charge in [0, 0.05) is 13.6 Å². The van der Waals surface area contributed by atoms with Gasteiger partial charge in [-0.25, -0.2) is 4.98 Å². The Morgan fingerprint density at radius 1 is 1.35 bits per heavy atom. The van der Waals surface area contributed by atoms with Crippen molar-refractivity contribution in [2.24, 2.45) is 12.8 Å². The van der Waals surface area contributed by atoms with Gasteiger partial charge in [0.05, 0.1) is 5.69 Å². The first-order valence-electron chi connectivity index (χ1n) is 5.77. The third kappa shape index (κ3) is 3.13. The molecule has 4 nitrogen and oxygen atoms in total. The number of nitrogens with zero attached hydrogens (tertiary/aromatic N) is 3. The van der Waals surface area contributed by atoms with Crippen molar-refractivity contribution < 1.29 is 13.2 Å². The molecule has 0 radical (unpaired) electrons. The monoisotopic (exact) mass is 302 g/mol. The van der Waals surface area contributed by atoms with Crippen LogP contribution in [-0.2, 0) is 19.8 Å². The fourth-order valence-corrected chi connectivity index (χ4v) is 2.68. The molecule has 0 aromatic carbocycles. The average molecular weight is 302 g/mol. The second-order valence-corrected chi connectivity index (χ2v) is 5.22. The van der Waals surface area contributed by atoms with Crippen LogP contribution in [-0.4, -0.2) is 14.8 Å². The van der Waals surface area contributed by atoms with E-state index < -0.39 is 11.9 Å². The fourth-order valence-electron chi connectivity index (χ4n) is 1.65. The van der Waals surface area contributed by atoms with Crippen molar-refractivity contribution in [2.75, 3.05) is 0 Å². The van der Waals surface area contributed by atoms with E-state index in [1.165, 1.54) is 6.07 Å². The minimum absolute atomic E-state index is 0.129. The first-order valence-corrected chi connectivity index (χ1v) is 6.58. The Balaban J connectivity index is 2.41. The highest BCUT2D eigenvalue weighted by atomic mass is 32.2. The summed E-state index contributed by atoms with van der Waals surface area (Å²) in [7, 11) is 1.73. The van der Waals surface area contributed by atoms with Crippen molar-refractivity contribution in [3.63, 3.8) is 0 Å². The molecule has 2 aromatic rings. The van der Waals surface area contributed by atoms with Crippen LogP contribution in [0.1, 0.15) is 17.0 Å². The zero-order valence-electron chi connectivity index (χ0n) is 10.9. The molecule has 0 aliphatic carbocycles. The molecule has 0 spiro atoms. The van der Waals surface area contributed by atoms with E-state index in [9.17, 15) is 13.2 Å². The summed E-state index contributed by atoms with van der Waals surface area (Å²) in [5.74, 6) is 0. The minimum Gasteiger partial charge on any atom is -0.326 e. The number of hydrogen-bond donors (Lipinski definition) is 1. The first-order chi connectivity index (χ1) is 9.31. The van der Waals surface area contributed by atoms with Crippen LogP contribution in [0.4, 0.5) is 13.2 Å². The van der Waals surface area contributed by atoms with Gasteiger partial charge in [-0.15, -0.1) is 0 Å². The van der Waals surface area contributed by atoms with Crippen molar-refractivity contribution in [1.82, 2.24) is 14.8 Å². The Hall–Kier alpha value is -1.54. The topological polar surface area (TPSA) is 56.7 Å². The molecule has 2 rings (SSSR count). The predicted molar refractivity (Wildman–Crippen MR) is 69.2 cm³/mol. The molecule has 2 heterocycles. The van der Waals surface area contributed by atoms with Crippen LogP contribution in [0.25, 0.3) is 0 Å². The summed E-state index contributed by atoms with van der Waals surface area (Å²) in [6, 6.07) is 4.09. The third-order valence-electron chi connectivity index (χ3n) is 2.61. The molecule has 0 saturated carbocycles. The summed E-state index contributed by atoms with van der Waals surface area (Å²) in [5.41, 5.74) is 5.99. The molecular formula is C12H13F3N4S. The number of nitrogens with two attached hydrogens (primary N) is 1. The normalized spacial score (nSPS) is 11.9. The number of halogens is 3. The maximum absolute atomic E-state index is 12.7. The van der Waals surface area contributed by atoms with E-state index >= 15 is 0 Å². The van der Waals surface area contributed by atoms with Gasteiger partial charge in [-0.05, 0) is 24.6 Å². The first kappa shape index (κ1) is 14.9. The molecule has 2 N–H and O–H groups in total. The molecular weight excluding hydrogens is 289 g/mol. The Labute approximate surface area is 118 Å². The Morgan fingerprint density at radius 2 is 2.05 bits per heavy atom. The van der Waals surface area contributed by atoms with Crippen molar-refractivity contribution in [3.05, 3.63) is 35.2 Å². The van der Waals surface area contributed by atoms with Crippen molar-refractivity contribution in [2.45, 2.75) is 29.7 Å². The average Bonchev–Trinajstić information content (AvgIpc) is 2.66. The van der Waals surface area contributed by atoms with Gasteiger partial charge in [-0.3, -0.25) is 4.68 Å². The summed E-state index contributed by atoms with van der Waals surface area (Å²) in [5, 5.41) is 5.12. The van der Waals surface area contributed by atoms with E-state index in [1.54, 1.807) is 17.8 Å². The van der Waals surface area contributed by atoms with Crippen LogP contribution in [0, 0.1) is 6.92 Å². The molecule has 0 fully saturated rings. The van der Waals surface area contributed by atoms with Crippen LogP contribution in [0.15, 0.2) is 28.3 Å². The lowest BCUT2D eigenvalue weighted by Crippen LogP contribution is -2.10. The van der Waals surface area contributed by atoms with E-state index in [-0.39, 0.29) is 11.6 Å². The van der Waals surface area contributed by atoms with Crippen LogP contribution in [0.3, 0.4) is 0 Å². The van der Waals surface area contributed by atoms with E-state index in [1.807, 2.05) is 6.92 Å². The highest BCUT2D eigenvalue weighted by Crippen LogP contribution is 2.33. The van der Waals surface area contributed by atoms with Gasteiger partial charge in [0.2, 0.25) is 0 Å². The van der Waals surface area contributed by atoms with Crippen LogP contribution in [0.2, 0.25) is 0 Å². The molecule has 0 bridgehead atoms. The molecule has 0 aliphatic heterocycles. The molecule has 0 saturated heterocycles. The summed E-state index contributed by atoms with van der Waals surface area (Å²) in [6.45, 7) is 1.94. The Bertz CT molecular complexity index is 622. The summed E-state index contributed by atoms with van der Waals surface area (Å²) < 4.78 is 39.7. The molecule has 8 heteroatoms.